The third-order valence-electron chi connectivity index (χ3n) is 5.85. The summed E-state index contributed by atoms with van der Waals surface area (Å²) in [5, 5.41) is 9.39. The van der Waals surface area contributed by atoms with E-state index in [-0.39, 0.29) is 10.7 Å². The number of piperidine rings is 1. The number of likely N-dealkylation sites (N-methyl/N-ethyl adjacent to an activating group) is 2. The average Bonchev–Trinajstić information content (AvgIpc) is 3.42. The number of hydrogen-bond acceptors (Lipinski definition) is 9. The number of aromatic nitrogens is 1. The van der Waals surface area contributed by atoms with Gasteiger partial charge >= 0.3 is 0 Å². The van der Waals surface area contributed by atoms with Gasteiger partial charge in [0.05, 0.1) is 10.4 Å². The lowest BCUT2D eigenvalue weighted by Crippen LogP contribution is -2.52. The molecule has 0 radical (unpaired) electrons. The lowest BCUT2D eigenvalue weighted by molar-refractivity contribution is -0.132. The van der Waals surface area contributed by atoms with E-state index in [1.54, 1.807) is 20.2 Å². The maximum atomic E-state index is 12.5. The molecule has 4 heterocycles. The Morgan fingerprint density at radius 3 is 2.29 bits per heavy atom. The van der Waals surface area contributed by atoms with Crippen LogP contribution in [0.3, 0.4) is 0 Å². The summed E-state index contributed by atoms with van der Waals surface area (Å²) in [7, 11) is 3.13. The summed E-state index contributed by atoms with van der Waals surface area (Å²) < 4.78 is 0.930. The Morgan fingerprint density at radius 1 is 0.971 bits per heavy atom. The number of thiophene rings is 1. The number of rotatable bonds is 4. The predicted octanol–water partition coefficient (Wildman–Crippen LogP) is 5.36. The highest BCUT2D eigenvalue weighted by Gasteiger charge is 2.35. The Hall–Kier alpha value is -3.02. The van der Waals surface area contributed by atoms with Gasteiger partial charge in [-0.25, -0.2) is 4.98 Å². The number of carbonyl (C=O) groups excluding carboxylic acids is 2. The van der Waals surface area contributed by atoms with E-state index in [4.69, 9.17) is 12.2 Å². The smallest absolute Gasteiger partial charge is 0.265 e. The van der Waals surface area contributed by atoms with Gasteiger partial charge in [0.1, 0.15) is 10.4 Å². The maximum absolute atomic E-state index is 12.5. The van der Waals surface area contributed by atoms with Gasteiger partial charge in [-0.05, 0) is 67.9 Å². The molecule has 2 aliphatic rings. The molecule has 0 saturated carbocycles. The lowest BCUT2D eigenvalue weighted by atomic mass is 10.1. The summed E-state index contributed by atoms with van der Waals surface area (Å²) in [5.41, 5.74) is 2.09. The number of azo groups is 1. The first kappa shape index (κ1) is 22.8. The monoisotopic (exact) mass is 510 g/mol. The van der Waals surface area contributed by atoms with Crippen LogP contribution >= 0.6 is 34.9 Å². The number of hydrogen-bond donors (Lipinski definition) is 0. The third kappa shape index (κ3) is 4.38. The van der Waals surface area contributed by atoms with Crippen LogP contribution in [0.15, 0.2) is 46.1 Å². The molecule has 0 unspecified atom stereocenters. The van der Waals surface area contributed by atoms with Gasteiger partial charge in [0, 0.05) is 37.7 Å². The van der Waals surface area contributed by atoms with Crippen molar-refractivity contribution in [2.24, 2.45) is 10.2 Å². The number of benzene rings is 1. The van der Waals surface area contributed by atoms with Crippen LogP contribution < -0.4 is 4.90 Å². The molecule has 0 N–H and O–H groups in total. The van der Waals surface area contributed by atoms with Crippen molar-refractivity contribution < 1.29 is 9.59 Å². The first-order chi connectivity index (χ1) is 16.4. The van der Waals surface area contributed by atoms with E-state index in [1.165, 1.54) is 57.4 Å². The Labute approximate surface area is 210 Å². The SMILES string of the molecule is CN1C(=O)C(=Cc2cc3sc(/N=N/c4ccc(N5CCCCC5)cc4)nc3s2)C(=O)N(C)C1=S. The second-order valence-electron chi connectivity index (χ2n) is 8.15. The summed E-state index contributed by atoms with van der Waals surface area (Å²) in [6.45, 7) is 2.22. The van der Waals surface area contributed by atoms with Crippen LogP contribution in [-0.4, -0.2) is 58.9 Å². The van der Waals surface area contributed by atoms with Crippen molar-refractivity contribution in [2.75, 3.05) is 32.1 Å². The van der Waals surface area contributed by atoms with Crippen LogP contribution in [0.1, 0.15) is 24.1 Å². The van der Waals surface area contributed by atoms with Crippen molar-refractivity contribution in [3.8, 4) is 0 Å². The van der Waals surface area contributed by atoms with E-state index < -0.39 is 11.8 Å². The van der Waals surface area contributed by atoms with Crippen LogP contribution in [0.25, 0.3) is 15.6 Å². The van der Waals surface area contributed by atoms with Crippen LogP contribution in [0.5, 0.6) is 0 Å². The molecular formula is C23H22N6O2S3. The zero-order chi connectivity index (χ0) is 23.8. The van der Waals surface area contributed by atoms with E-state index in [0.717, 1.165) is 33.2 Å². The molecule has 1 aromatic carbocycles. The summed E-state index contributed by atoms with van der Waals surface area (Å²) in [6, 6.07) is 10.0. The minimum atomic E-state index is -0.404. The average molecular weight is 511 g/mol. The first-order valence-corrected chi connectivity index (χ1v) is 12.9. The first-order valence-electron chi connectivity index (χ1n) is 10.9. The fourth-order valence-corrected chi connectivity index (χ4v) is 6.11. The second-order valence-corrected chi connectivity index (χ2v) is 10.6. The fraction of sp³-hybridized carbons (Fsp3) is 0.304. The quantitative estimate of drug-likeness (QED) is 0.204. The zero-order valence-electron chi connectivity index (χ0n) is 18.7. The highest BCUT2D eigenvalue weighted by molar-refractivity contribution is 7.80. The van der Waals surface area contributed by atoms with Gasteiger partial charge in [-0.1, -0.05) is 11.3 Å². The molecule has 2 aromatic heterocycles. The summed E-state index contributed by atoms with van der Waals surface area (Å²) in [6.07, 6.45) is 5.41. The molecule has 8 nitrogen and oxygen atoms in total. The highest BCUT2D eigenvalue weighted by atomic mass is 32.1. The van der Waals surface area contributed by atoms with Crippen molar-refractivity contribution in [1.82, 2.24) is 14.8 Å². The highest BCUT2D eigenvalue weighted by Crippen LogP contribution is 2.36. The molecular weight excluding hydrogens is 488 g/mol. The molecule has 3 aromatic rings. The van der Waals surface area contributed by atoms with Crippen molar-refractivity contribution in [2.45, 2.75) is 19.3 Å². The third-order valence-corrected chi connectivity index (χ3v) is 8.39. The van der Waals surface area contributed by atoms with E-state index in [2.05, 4.69) is 32.2 Å². The van der Waals surface area contributed by atoms with E-state index in [0.29, 0.717) is 5.13 Å². The number of fused-ring (bicyclic) bond motifs is 1. The Morgan fingerprint density at radius 2 is 1.65 bits per heavy atom. The molecule has 0 spiro atoms. The minimum Gasteiger partial charge on any atom is -0.372 e. The lowest BCUT2D eigenvalue weighted by Gasteiger charge is -2.31. The van der Waals surface area contributed by atoms with Crippen molar-refractivity contribution in [1.29, 1.82) is 0 Å². The van der Waals surface area contributed by atoms with Crippen molar-refractivity contribution in [3.05, 3.63) is 40.8 Å². The molecule has 0 atom stereocenters. The summed E-state index contributed by atoms with van der Waals surface area (Å²) in [5.74, 6) is -0.808. The fourth-order valence-electron chi connectivity index (χ4n) is 3.96. The molecule has 11 heteroatoms. The van der Waals surface area contributed by atoms with Gasteiger partial charge < -0.3 is 4.90 Å². The number of nitrogens with zero attached hydrogens (tertiary/aromatic N) is 6. The van der Waals surface area contributed by atoms with Crippen LogP contribution in [0.4, 0.5) is 16.5 Å². The molecule has 0 aliphatic carbocycles. The maximum Gasteiger partial charge on any atom is 0.265 e. The standard InChI is InChI=1S/C23H22N6O2S3/c1-27-20(30)17(21(31)28(2)23(27)32)12-16-13-18-19(33-16)24-22(34-18)26-25-14-6-8-15(9-7-14)29-10-4-3-5-11-29/h6-9,12-13H,3-5,10-11H2,1-2H3/b26-25+. The number of amides is 2. The van der Waals surface area contributed by atoms with Crippen LogP contribution in [0, 0.1) is 0 Å². The van der Waals surface area contributed by atoms with Gasteiger partial charge in [0.25, 0.3) is 11.8 Å². The normalized spacial score (nSPS) is 17.5. The van der Waals surface area contributed by atoms with E-state index >= 15 is 0 Å². The molecule has 0 bridgehead atoms. The number of carbonyl (C=O) groups is 2. The minimum absolute atomic E-state index is 0.0837. The molecule has 2 fully saturated rings. The Kier molecular flexibility index (Phi) is 6.24. The van der Waals surface area contributed by atoms with Gasteiger partial charge in [-0.2, -0.15) is 0 Å². The molecule has 5 rings (SSSR count). The van der Waals surface area contributed by atoms with Crippen LogP contribution in [0.2, 0.25) is 0 Å². The topological polar surface area (TPSA) is 81.5 Å². The number of thiazole rings is 1. The van der Waals surface area contributed by atoms with Gasteiger partial charge in [-0.15, -0.1) is 21.6 Å². The predicted molar refractivity (Wildman–Crippen MR) is 140 cm³/mol. The molecule has 2 aliphatic heterocycles. The van der Waals surface area contributed by atoms with E-state index in [1.807, 2.05) is 18.2 Å². The molecule has 2 saturated heterocycles. The molecule has 174 valence electrons. The van der Waals surface area contributed by atoms with Gasteiger partial charge in [0.2, 0.25) is 5.13 Å². The Balaban J connectivity index is 1.31. The molecule has 2 amide bonds. The van der Waals surface area contributed by atoms with Crippen molar-refractivity contribution >= 4 is 83.9 Å². The molecule has 34 heavy (non-hydrogen) atoms. The van der Waals surface area contributed by atoms with Gasteiger partial charge in [-0.3, -0.25) is 19.4 Å². The number of thiocarbonyl (C=S) groups is 1. The Bertz CT molecular complexity index is 1280. The zero-order valence-corrected chi connectivity index (χ0v) is 21.2. The largest absolute Gasteiger partial charge is 0.372 e. The van der Waals surface area contributed by atoms with Crippen LogP contribution in [-0.2, 0) is 9.59 Å². The van der Waals surface area contributed by atoms with Gasteiger partial charge in [0.15, 0.2) is 5.11 Å². The summed E-state index contributed by atoms with van der Waals surface area (Å²) >= 11 is 7.95. The summed E-state index contributed by atoms with van der Waals surface area (Å²) in [4.78, 5) is 36.2. The van der Waals surface area contributed by atoms with Crippen molar-refractivity contribution in [3.63, 3.8) is 0 Å². The second kappa shape index (κ2) is 9.32. The number of anilines is 1. The van der Waals surface area contributed by atoms with E-state index in [9.17, 15) is 9.59 Å².